The van der Waals surface area contributed by atoms with Crippen molar-refractivity contribution >= 4 is 17.3 Å². The zero-order valence-corrected chi connectivity index (χ0v) is 11.8. The van der Waals surface area contributed by atoms with E-state index in [0.717, 1.165) is 19.4 Å². The van der Waals surface area contributed by atoms with Gasteiger partial charge in [0.1, 0.15) is 11.6 Å². The molecule has 7 heteroatoms. The van der Waals surface area contributed by atoms with Gasteiger partial charge >= 0.3 is 0 Å². The van der Waals surface area contributed by atoms with Crippen LogP contribution in [0.4, 0.5) is 17.3 Å². The third kappa shape index (κ3) is 3.57. The molecule has 2 rings (SSSR count). The highest BCUT2D eigenvalue weighted by Crippen LogP contribution is 2.23. The molecule has 0 saturated carbocycles. The Morgan fingerprint density at radius 2 is 2.30 bits per heavy atom. The number of rotatable bonds is 6. The zero-order valence-electron chi connectivity index (χ0n) is 11.8. The van der Waals surface area contributed by atoms with Gasteiger partial charge in [-0.15, -0.1) is 0 Å². The summed E-state index contributed by atoms with van der Waals surface area (Å²) in [5.74, 6) is 1.00. The monoisotopic (exact) mass is 280 g/mol. The van der Waals surface area contributed by atoms with Crippen LogP contribution >= 0.6 is 0 Å². The molecule has 1 saturated heterocycles. The highest BCUT2D eigenvalue weighted by molar-refractivity contribution is 5.55. The van der Waals surface area contributed by atoms with Gasteiger partial charge in [-0.2, -0.15) is 0 Å². The molecule has 0 radical (unpaired) electrons. The molecule has 1 aliphatic rings. The molecular formula is C13H20N4O3. The number of anilines is 2. The van der Waals surface area contributed by atoms with Crippen molar-refractivity contribution in [2.45, 2.75) is 38.8 Å². The van der Waals surface area contributed by atoms with Gasteiger partial charge in [-0.25, -0.2) is 4.98 Å². The van der Waals surface area contributed by atoms with Gasteiger partial charge in [0.15, 0.2) is 0 Å². The molecule has 20 heavy (non-hydrogen) atoms. The topological polar surface area (TPSA) is 89.3 Å². The molecule has 2 unspecified atom stereocenters. The van der Waals surface area contributed by atoms with Crippen molar-refractivity contribution in [3.8, 4) is 0 Å². The van der Waals surface area contributed by atoms with Crippen LogP contribution in [0.3, 0.4) is 0 Å². The first-order chi connectivity index (χ1) is 9.60. The SMILES string of the molecule is CCNc1cc([N+](=O)[O-])cc(NC(C)C2CCCO2)n1. The summed E-state index contributed by atoms with van der Waals surface area (Å²) in [5, 5.41) is 17.1. The summed E-state index contributed by atoms with van der Waals surface area (Å²) in [6, 6.07) is 2.96. The van der Waals surface area contributed by atoms with Crippen molar-refractivity contribution in [2.24, 2.45) is 0 Å². The molecule has 110 valence electrons. The van der Waals surface area contributed by atoms with E-state index >= 15 is 0 Å². The first-order valence-electron chi connectivity index (χ1n) is 6.88. The standard InChI is InChI=1S/C13H20N4O3/c1-3-14-12-7-10(17(18)19)8-13(16-12)15-9(2)11-5-4-6-20-11/h7-9,11H,3-6H2,1-2H3,(H2,14,15,16). The lowest BCUT2D eigenvalue weighted by Gasteiger charge is -2.20. The quantitative estimate of drug-likeness (QED) is 0.614. The van der Waals surface area contributed by atoms with E-state index in [1.54, 1.807) is 0 Å². The van der Waals surface area contributed by atoms with Crippen LogP contribution in [0.15, 0.2) is 12.1 Å². The molecule has 0 aromatic carbocycles. The average Bonchev–Trinajstić information content (AvgIpc) is 2.92. The van der Waals surface area contributed by atoms with E-state index in [1.807, 2.05) is 13.8 Å². The Morgan fingerprint density at radius 3 is 2.90 bits per heavy atom. The number of pyridine rings is 1. The highest BCUT2D eigenvalue weighted by Gasteiger charge is 2.23. The van der Waals surface area contributed by atoms with Crippen LogP contribution in [-0.2, 0) is 4.74 Å². The second-order valence-electron chi connectivity index (χ2n) is 4.87. The fourth-order valence-corrected chi connectivity index (χ4v) is 2.29. The molecule has 0 spiro atoms. The summed E-state index contributed by atoms with van der Waals surface area (Å²) >= 11 is 0. The Hall–Kier alpha value is -1.89. The molecule has 0 amide bonds. The van der Waals surface area contributed by atoms with E-state index < -0.39 is 4.92 Å². The molecule has 7 nitrogen and oxygen atoms in total. The zero-order chi connectivity index (χ0) is 14.5. The van der Waals surface area contributed by atoms with E-state index in [4.69, 9.17) is 4.74 Å². The van der Waals surface area contributed by atoms with Gasteiger partial charge in [-0.05, 0) is 26.7 Å². The molecule has 2 atom stereocenters. The van der Waals surface area contributed by atoms with Crippen molar-refractivity contribution in [3.05, 3.63) is 22.2 Å². The Kier molecular flexibility index (Phi) is 4.73. The Balaban J connectivity index is 2.14. The average molecular weight is 280 g/mol. The van der Waals surface area contributed by atoms with Gasteiger partial charge in [-0.1, -0.05) is 0 Å². The first-order valence-corrected chi connectivity index (χ1v) is 6.88. The van der Waals surface area contributed by atoms with Gasteiger partial charge in [0.25, 0.3) is 5.69 Å². The highest BCUT2D eigenvalue weighted by atomic mass is 16.6. The maximum absolute atomic E-state index is 10.9. The lowest BCUT2D eigenvalue weighted by molar-refractivity contribution is -0.384. The lowest BCUT2D eigenvalue weighted by Crippen LogP contribution is -2.30. The number of hydrogen-bond acceptors (Lipinski definition) is 6. The lowest BCUT2D eigenvalue weighted by atomic mass is 10.1. The van der Waals surface area contributed by atoms with Crippen LogP contribution in [0.25, 0.3) is 0 Å². The summed E-state index contributed by atoms with van der Waals surface area (Å²) in [7, 11) is 0. The van der Waals surface area contributed by atoms with Crippen molar-refractivity contribution in [1.29, 1.82) is 0 Å². The van der Waals surface area contributed by atoms with Crippen LogP contribution in [0, 0.1) is 10.1 Å². The number of nitro groups is 1. The fraction of sp³-hybridized carbons (Fsp3) is 0.615. The fourth-order valence-electron chi connectivity index (χ4n) is 2.29. The summed E-state index contributed by atoms with van der Waals surface area (Å²) in [5.41, 5.74) is 0.0259. The number of nitrogens with one attached hydrogen (secondary N) is 2. The number of aromatic nitrogens is 1. The molecule has 0 bridgehead atoms. The maximum atomic E-state index is 10.9. The van der Waals surface area contributed by atoms with E-state index in [1.165, 1.54) is 12.1 Å². The second-order valence-corrected chi connectivity index (χ2v) is 4.87. The minimum Gasteiger partial charge on any atom is -0.376 e. The molecule has 2 N–H and O–H groups in total. The van der Waals surface area contributed by atoms with Crippen LogP contribution in [0.5, 0.6) is 0 Å². The molecule has 1 aliphatic heterocycles. The molecule has 1 fully saturated rings. The molecular weight excluding hydrogens is 260 g/mol. The minimum absolute atomic E-state index is 0.0259. The first kappa shape index (κ1) is 14.5. The number of hydrogen-bond donors (Lipinski definition) is 2. The van der Waals surface area contributed by atoms with Crippen molar-refractivity contribution in [2.75, 3.05) is 23.8 Å². The molecule has 0 aliphatic carbocycles. The van der Waals surface area contributed by atoms with Gasteiger partial charge < -0.3 is 15.4 Å². The molecule has 2 heterocycles. The predicted octanol–water partition coefficient (Wildman–Crippen LogP) is 2.40. The predicted molar refractivity (Wildman–Crippen MR) is 77.1 cm³/mol. The van der Waals surface area contributed by atoms with Gasteiger partial charge in [0.05, 0.1) is 29.2 Å². The summed E-state index contributed by atoms with van der Waals surface area (Å²) < 4.78 is 5.60. The van der Waals surface area contributed by atoms with Gasteiger partial charge in [-0.3, -0.25) is 10.1 Å². The van der Waals surface area contributed by atoms with Crippen LogP contribution in [0.1, 0.15) is 26.7 Å². The normalized spacial score (nSPS) is 19.6. The van der Waals surface area contributed by atoms with Gasteiger partial charge in [0.2, 0.25) is 0 Å². The molecule has 1 aromatic heterocycles. The number of ether oxygens (including phenoxy) is 1. The third-order valence-corrected chi connectivity index (χ3v) is 3.28. The Morgan fingerprint density at radius 1 is 1.55 bits per heavy atom. The van der Waals surface area contributed by atoms with Crippen LogP contribution in [0.2, 0.25) is 0 Å². The van der Waals surface area contributed by atoms with Crippen LogP contribution in [-0.4, -0.2) is 35.2 Å². The molecule has 1 aromatic rings. The summed E-state index contributed by atoms with van der Waals surface area (Å²) in [6.45, 7) is 5.36. The van der Waals surface area contributed by atoms with Gasteiger partial charge in [0, 0.05) is 13.2 Å². The van der Waals surface area contributed by atoms with E-state index in [2.05, 4.69) is 15.6 Å². The Labute approximate surface area is 117 Å². The van der Waals surface area contributed by atoms with Crippen molar-refractivity contribution < 1.29 is 9.66 Å². The minimum atomic E-state index is -0.412. The largest absolute Gasteiger partial charge is 0.376 e. The van der Waals surface area contributed by atoms with E-state index in [-0.39, 0.29) is 17.8 Å². The second kappa shape index (κ2) is 6.51. The maximum Gasteiger partial charge on any atom is 0.276 e. The van der Waals surface area contributed by atoms with E-state index in [0.29, 0.717) is 18.2 Å². The Bertz CT molecular complexity index is 475. The summed E-state index contributed by atoms with van der Waals surface area (Å²) in [4.78, 5) is 14.9. The smallest absolute Gasteiger partial charge is 0.276 e. The third-order valence-electron chi connectivity index (χ3n) is 3.28. The number of nitrogens with zero attached hydrogens (tertiary/aromatic N) is 2. The van der Waals surface area contributed by atoms with Crippen molar-refractivity contribution in [1.82, 2.24) is 4.98 Å². The summed E-state index contributed by atoms with van der Waals surface area (Å²) in [6.07, 6.45) is 2.20. The van der Waals surface area contributed by atoms with E-state index in [9.17, 15) is 10.1 Å². The van der Waals surface area contributed by atoms with Crippen LogP contribution < -0.4 is 10.6 Å². The van der Waals surface area contributed by atoms with Crippen molar-refractivity contribution in [3.63, 3.8) is 0 Å².